The normalized spacial score (nSPS) is 19.8. The summed E-state index contributed by atoms with van der Waals surface area (Å²) in [5.74, 6) is -1.82. The van der Waals surface area contributed by atoms with E-state index >= 15 is 0 Å². The molecule has 0 spiro atoms. The molecular weight excluding hydrogens is 420 g/mol. The SMILES string of the molecule is CCN(C(=O)C(C)OC(=O)[C@H](C)NC(=O)c1ccccc1Cl)C1CCS(=O)(=O)C1. The van der Waals surface area contributed by atoms with Gasteiger partial charge in [0.05, 0.1) is 22.1 Å². The van der Waals surface area contributed by atoms with E-state index in [1.165, 1.54) is 24.8 Å². The molecule has 160 valence electrons. The Bertz CT molecular complexity index is 888. The van der Waals surface area contributed by atoms with Gasteiger partial charge in [0, 0.05) is 12.6 Å². The summed E-state index contributed by atoms with van der Waals surface area (Å²) in [7, 11) is -3.15. The van der Waals surface area contributed by atoms with E-state index in [0.717, 1.165) is 0 Å². The molecular formula is C19H25ClN2O6S. The lowest BCUT2D eigenvalue weighted by Gasteiger charge is -2.29. The molecule has 2 rings (SSSR count). The minimum atomic E-state index is -3.15. The second-order valence-electron chi connectivity index (χ2n) is 6.94. The van der Waals surface area contributed by atoms with Gasteiger partial charge in [0.1, 0.15) is 6.04 Å². The first-order valence-electron chi connectivity index (χ1n) is 9.32. The van der Waals surface area contributed by atoms with Crippen molar-refractivity contribution in [3.8, 4) is 0 Å². The van der Waals surface area contributed by atoms with Gasteiger partial charge in [0.15, 0.2) is 15.9 Å². The zero-order valence-corrected chi connectivity index (χ0v) is 18.1. The van der Waals surface area contributed by atoms with Crippen molar-refractivity contribution in [1.29, 1.82) is 0 Å². The number of carbonyl (C=O) groups is 3. The molecule has 1 fully saturated rings. The number of likely N-dealkylation sites (N-methyl/N-ethyl adjacent to an activating group) is 1. The van der Waals surface area contributed by atoms with Gasteiger partial charge in [-0.1, -0.05) is 23.7 Å². The number of rotatable bonds is 7. The van der Waals surface area contributed by atoms with Crippen LogP contribution in [0.1, 0.15) is 37.6 Å². The van der Waals surface area contributed by atoms with Crippen molar-refractivity contribution in [2.45, 2.75) is 45.4 Å². The highest BCUT2D eigenvalue weighted by Crippen LogP contribution is 2.19. The smallest absolute Gasteiger partial charge is 0.329 e. The molecule has 3 atom stereocenters. The van der Waals surface area contributed by atoms with Gasteiger partial charge in [0.2, 0.25) is 0 Å². The van der Waals surface area contributed by atoms with Crippen LogP contribution >= 0.6 is 11.6 Å². The number of ether oxygens (including phenoxy) is 1. The van der Waals surface area contributed by atoms with Gasteiger partial charge in [-0.3, -0.25) is 9.59 Å². The highest BCUT2D eigenvalue weighted by atomic mass is 35.5. The number of amides is 2. The molecule has 1 heterocycles. The quantitative estimate of drug-likeness (QED) is 0.637. The van der Waals surface area contributed by atoms with Crippen LogP contribution in [0.15, 0.2) is 24.3 Å². The molecule has 1 aromatic rings. The maximum atomic E-state index is 12.7. The van der Waals surface area contributed by atoms with Crippen LogP contribution in [-0.2, 0) is 24.2 Å². The second-order valence-corrected chi connectivity index (χ2v) is 9.57. The summed E-state index contributed by atoms with van der Waals surface area (Å²) >= 11 is 5.97. The zero-order valence-electron chi connectivity index (χ0n) is 16.6. The summed E-state index contributed by atoms with van der Waals surface area (Å²) in [4.78, 5) is 38.7. The molecule has 1 saturated heterocycles. The Morgan fingerprint density at radius 3 is 2.48 bits per heavy atom. The highest BCUT2D eigenvalue weighted by molar-refractivity contribution is 7.91. The maximum absolute atomic E-state index is 12.7. The van der Waals surface area contributed by atoms with Crippen LogP contribution in [-0.4, -0.2) is 67.3 Å². The summed E-state index contributed by atoms with van der Waals surface area (Å²) < 4.78 is 28.6. The number of carbonyl (C=O) groups excluding carboxylic acids is 3. The molecule has 0 radical (unpaired) electrons. The van der Waals surface area contributed by atoms with Gasteiger partial charge in [-0.25, -0.2) is 13.2 Å². The van der Waals surface area contributed by atoms with E-state index in [2.05, 4.69) is 5.32 Å². The van der Waals surface area contributed by atoms with Crippen molar-refractivity contribution in [3.63, 3.8) is 0 Å². The van der Waals surface area contributed by atoms with Crippen LogP contribution in [0.5, 0.6) is 0 Å². The number of sulfone groups is 1. The molecule has 1 N–H and O–H groups in total. The first kappa shape index (κ1) is 23.2. The van der Waals surface area contributed by atoms with E-state index in [1.54, 1.807) is 25.1 Å². The minimum Gasteiger partial charge on any atom is -0.451 e. The summed E-state index contributed by atoms with van der Waals surface area (Å²) in [6.45, 7) is 4.91. The monoisotopic (exact) mass is 444 g/mol. The van der Waals surface area contributed by atoms with E-state index in [4.69, 9.17) is 16.3 Å². The molecule has 0 bridgehead atoms. The number of halogens is 1. The third kappa shape index (κ3) is 5.93. The third-order valence-corrected chi connectivity index (χ3v) is 6.81. The average molecular weight is 445 g/mol. The van der Waals surface area contributed by atoms with Crippen molar-refractivity contribution in [2.24, 2.45) is 0 Å². The molecule has 1 aromatic carbocycles. The predicted octanol–water partition coefficient (Wildman–Crippen LogP) is 1.43. The Morgan fingerprint density at radius 2 is 1.93 bits per heavy atom. The molecule has 1 aliphatic heterocycles. The molecule has 0 aliphatic carbocycles. The van der Waals surface area contributed by atoms with Crippen LogP contribution in [0, 0.1) is 0 Å². The van der Waals surface area contributed by atoms with Crippen LogP contribution < -0.4 is 5.32 Å². The molecule has 29 heavy (non-hydrogen) atoms. The number of hydrogen-bond donors (Lipinski definition) is 1. The standard InChI is InChI=1S/C19H25ClN2O6S/c1-4-22(14-9-10-29(26,27)11-14)18(24)13(3)28-19(25)12(2)21-17(23)15-7-5-6-8-16(15)20/h5-8,12-14H,4,9-11H2,1-3H3,(H,21,23)/t12-,13?,14?/m0/s1. The predicted molar refractivity (Wildman–Crippen MR) is 108 cm³/mol. The zero-order chi connectivity index (χ0) is 21.8. The van der Waals surface area contributed by atoms with Gasteiger partial charge in [-0.05, 0) is 39.3 Å². The van der Waals surface area contributed by atoms with Gasteiger partial charge in [-0.2, -0.15) is 0 Å². The molecule has 10 heteroatoms. The Balaban J connectivity index is 1.95. The van der Waals surface area contributed by atoms with Crippen molar-refractivity contribution >= 4 is 39.2 Å². The van der Waals surface area contributed by atoms with E-state index in [1.807, 2.05) is 0 Å². The lowest BCUT2D eigenvalue weighted by Crippen LogP contribution is -2.48. The number of benzene rings is 1. The van der Waals surface area contributed by atoms with E-state index < -0.39 is 45.8 Å². The number of nitrogens with zero attached hydrogens (tertiary/aromatic N) is 1. The maximum Gasteiger partial charge on any atom is 0.329 e. The Labute approximate surface area is 175 Å². The van der Waals surface area contributed by atoms with E-state index in [-0.39, 0.29) is 22.1 Å². The number of nitrogens with one attached hydrogen (secondary N) is 1. The fourth-order valence-corrected chi connectivity index (χ4v) is 5.11. The average Bonchev–Trinajstić information content (AvgIpc) is 3.01. The molecule has 8 nitrogen and oxygen atoms in total. The number of hydrogen-bond acceptors (Lipinski definition) is 6. The fourth-order valence-electron chi connectivity index (χ4n) is 3.15. The van der Waals surface area contributed by atoms with Gasteiger partial charge in [-0.15, -0.1) is 0 Å². The summed E-state index contributed by atoms with van der Waals surface area (Å²) in [5, 5.41) is 2.74. The summed E-state index contributed by atoms with van der Waals surface area (Å²) in [6.07, 6.45) is -0.738. The molecule has 1 aliphatic rings. The minimum absolute atomic E-state index is 0.0424. The lowest BCUT2D eigenvalue weighted by atomic mass is 10.2. The Morgan fingerprint density at radius 1 is 1.28 bits per heavy atom. The van der Waals surface area contributed by atoms with Crippen molar-refractivity contribution in [2.75, 3.05) is 18.1 Å². The van der Waals surface area contributed by atoms with Crippen LogP contribution in [0.3, 0.4) is 0 Å². The third-order valence-electron chi connectivity index (χ3n) is 4.73. The lowest BCUT2D eigenvalue weighted by molar-refractivity contribution is -0.161. The second kappa shape index (κ2) is 9.58. The Kier molecular flexibility index (Phi) is 7.65. The van der Waals surface area contributed by atoms with Gasteiger partial charge in [0.25, 0.3) is 11.8 Å². The van der Waals surface area contributed by atoms with Gasteiger partial charge >= 0.3 is 5.97 Å². The fraction of sp³-hybridized carbons (Fsp3) is 0.526. The van der Waals surface area contributed by atoms with Crippen LogP contribution in [0.2, 0.25) is 5.02 Å². The Hall–Kier alpha value is -2.13. The van der Waals surface area contributed by atoms with Crippen molar-refractivity contribution in [1.82, 2.24) is 10.2 Å². The number of esters is 1. The molecule has 0 aromatic heterocycles. The van der Waals surface area contributed by atoms with Crippen molar-refractivity contribution in [3.05, 3.63) is 34.9 Å². The first-order chi connectivity index (χ1) is 13.6. The highest BCUT2D eigenvalue weighted by Gasteiger charge is 2.36. The molecule has 2 amide bonds. The van der Waals surface area contributed by atoms with Gasteiger partial charge < -0.3 is 15.0 Å². The van der Waals surface area contributed by atoms with Crippen LogP contribution in [0.4, 0.5) is 0 Å². The summed E-state index contributed by atoms with van der Waals surface area (Å²) in [6, 6.07) is 4.98. The van der Waals surface area contributed by atoms with E-state index in [0.29, 0.717) is 13.0 Å². The first-order valence-corrected chi connectivity index (χ1v) is 11.5. The largest absolute Gasteiger partial charge is 0.451 e. The molecule has 0 saturated carbocycles. The van der Waals surface area contributed by atoms with Crippen LogP contribution in [0.25, 0.3) is 0 Å². The van der Waals surface area contributed by atoms with Crippen molar-refractivity contribution < 1.29 is 27.5 Å². The van der Waals surface area contributed by atoms with E-state index in [9.17, 15) is 22.8 Å². The molecule has 2 unspecified atom stereocenters. The summed E-state index contributed by atoms with van der Waals surface area (Å²) in [5.41, 5.74) is 0.220. The topological polar surface area (TPSA) is 110 Å².